The molecule has 0 N–H and O–H groups in total. The van der Waals surface area contributed by atoms with Gasteiger partial charge in [0.2, 0.25) is 0 Å². The van der Waals surface area contributed by atoms with Crippen LogP contribution in [0.15, 0.2) is 0 Å². The number of carbonyl (C=O) groups is 2. The summed E-state index contributed by atoms with van der Waals surface area (Å²) in [6.07, 6.45) is 9.13. The van der Waals surface area contributed by atoms with Crippen LogP contribution in [0.4, 0.5) is 0 Å². The summed E-state index contributed by atoms with van der Waals surface area (Å²) in [5.41, 5.74) is 0. The van der Waals surface area contributed by atoms with Gasteiger partial charge in [-0.1, -0.05) is 65.2 Å². The molecule has 4 heteroatoms. The number of ether oxygens (including phenoxy) is 2. The Kier molecular flexibility index (Phi) is 16.0. The van der Waals surface area contributed by atoms with Crippen molar-refractivity contribution in [3.05, 3.63) is 0 Å². The van der Waals surface area contributed by atoms with Crippen LogP contribution in [-0.2, 0) is 19.1 Å². The Morgan fingerprint density at radius 2 is 1.46 bits per heavy atom. The highest BCUT2D eigenvalue weighted by Crippen LogP contribution is 2.12. The molecule has 0 bridgehead atoms. The molecule has 0 spiro atoms. The van der Waals surface area contributed by atoms with E-state index in [2.05, 4.69) is 25.7 Å². The summed E-state index contributed by atoms with van der Waals surface area (Å²) in [6.45, 7) is 8.73. The topological polar surface area (TPSA) is 52.6 Å². The minimum Gasteiger partial charge on any atom is -0.466 e. The van der Waals surface area contributed by atoms with Crippen molar-refractivity contribution in [1.82, 2.24) is 0 Å². The van der Waals surface area contributed by atoms with E-state index in [9.17, 15) is 9.59 Å². The van der Waals surface area contributed by atoms with Gasteiger partial charge in [0, 0.05) is 19.3 Å². The van der Waals surface area contributed by atoms with E-state index in [0.29, 0.717) is 25.4 Å². The van der Waals surface area contributed by atoms with E-state index in [0.717, 1.165) is 57.8 Å². The summed E-state index contributed by atoms with van der Waals surface area (Å²) in [4.78, 5) is 23.3. The van der Waals surface area contributed by atoms with Gasteiger partial charge in [0.05, 0.1) is 6.61 Å². The zero-order valence-electron chi connectivity index (χ0n) is 17.3. The second-order valence-corrected chi connectivity index (χ2v) is 7.12. The Labute approximate surface area is 160 Å². The lowest BCUT2D eigenvalue weighted by Crippen LogP contribution is -2.18. The summed E-state index contributed by atoms with van der Waals surface area (Å²) in [5.74, 6) is 6.29. The van der Waals surface area contributed by atoms with Crippen LogP contribution in [0.5, 0.6) is 0 Å². The Balaban J connectivity index is 3.70. The molecular formula is C22H38O4. The third kappa shape index (κ3) is 16.0. The lowest BCUT2D eigenvalue weighted by Gasteiger charge is -2.14. The van der Waals surface area contributed by atoms with Gasteiger partial charge in [-0.3, -0.25) is 9.59 Å². The number of hydrogen-bond donors (Lipinski definition) is 0. The minimum atomic E-state index is -0.269. The molecule has 0 rings (SSSR count). The third-order valence-electron chi connectivity index (χ3n) is 3.88. The maximum Gasteiger partial charge on any atom is 0.307 e. The summed E-state index contributed by atoms with van der Waals surface area (Å²) in [6, 6.07) is 0. The Morgan fingerprint density at radius 3 is 2.00 bits per heavy atom. The zero-order chi connectivity index (χ0) is 19.6. The van der Waals surface area contributed by atoms with Crippen molar-refractivity contribution < 1.29 is 19.1 Å². The SMILES string of the molecule is CCC#CC(CC(C)C)OC(=O)CCCCCCCCC(=O)OCCC. The Bertz CT molecular complexity index is 431. The fraction of sp³-hybridized carbons (Fsp3) is 0.818. The van der Waals surface area contributed by atoms with Crippen LogP contribution in [0.1, 0.15) is 98.3 Å². The second-order valence-electron chi connectivity index (χ2n) is 7.12. The van der Waals surface area contributed by atoms with Crippen LogP contribution in [-0.4, -0.2) is 24.6 Å². The van der Waals surface area contributed by atoms with Gasteiger partial charge >= 0.3 is 11.9 Å². The predicted octanol–water partition coefficient (Wildman–Crippen LogP) is 5.43. The molecule has 4 nitrogen and oxygen atoms in total. The lowest BCUT2D eigenvalue weighted by molar-refractivity contribution is -0.147. The quantitative estimate of drug-likeness (QED) is 0.234. The molecule has 0 aromatic heterocycles. The molecule has 0 amide bonds. The molecule has 26 heavy (non-hydrogen) atoms. The van der Waals surface area contributed by atoms with Crippen LogP contribution in [0.3, 0.4) is 0 Å². The van der Waals surface area contributed by atoms with E-state index in [1.165, 1.54) is 0 Å². The van der Waals surface area contributed by atoms with Gasteiger partial charge in [0.15, 0.2) is 6.10 Å². The summed E-state index contributed by atoms with van der Waals surface area (Å²) in [7, 11) is 0. The zero-order valence-corrected chi connectivity index (χ0v) is 17.3. The smallest absolute Gasteiger partial charge is 0.307 e. The van der Waals surface area contributed by atoms with Crippen molar-refractivity contribution in [2.24, 2.45) is 5.92 Å². The highest BCUT2D eigenvalue weighted by atomic mass is 16.5. The van der Waals surface area contributed by atoms with Crippen molar-refractivity contribution >= 4 is 11.9 Å². The van der Waals surface area contributed by atoms with E-state index in [1.54, 1.807) is 0 Å². The van der Waals surface area contributed by atoms with Gasteiger partial charge in [-0.05, 0) is 31.6 Å². The fourth-order valence-electron chi connectivity index (χ4n) is 2.53. The van der Waals surface area contributed by atoms with E-state index in [-0.39, 0.29) is 18.0 Å². The Hall–Kier alpha value is -1.50. The molecule has 0 radical (unpaired) electrons. The monoisotopic (exact) mass is 366 g/mol. The maximum absolute atomic E-state index is 12.0. The summed E-state index contributed by atoms with van der Waals surface area (Å²) in [5, 5.41) is 0. The lowest BCUT2D eigenvalue weighted by atomic mass is 10.1. The van der Waals surface area contributed by atoms with Crippen LogP contribution >= 0.6 is 0 Å². The van der Waals surface area contributed by atoms with Crippen LogP contribution in [0.25, 0.3) is 0 Å². The first kappa shape index (κ1) is 24.5. The number of carbonyl (C=O) groups excluding carboxylic acids is 2. The van der Waals surface area contributed by atoms with E-state index < -0.39 is 0 Å². The normalized spacial score (nSPS) is 11.6. The van der Waals surface area contributed by atoms with Crippen LogP contribution in [0, 0.1) is 17.8 Å². The van der Waals surface area contributed by atoms with Crippen LogP contribution < -0.4 is 0 Å². The summed E-state index contributed by atoms with van der Waals surface area (Å²) < 4.78 is 10.5. The van der Waals surface area contributed by atoms with Gasteiger partial charge in [0.1, 0.15) is 0 Å². The molecule has 0 aliphatic carbocycles. The molecule has 0 saturated carbocycles. The molecule has 0 heterocycles. The molecule has 1 atom stereocenters. The number of hydrogen-bond acceptors (Lipinski definition) is 4. The average molecular weight is 367 g/mol. The first-order valence-corrected chi connectivity index (χ1v) is 10.3. The minimum absolute atomic E-state index is 0.0864. The number of rotatable bonds is 14. The third-order valence-corrected chi connectivity index (χ3v) is 3.88. The standard InChI is InChI=1S/C22H38O4/c1-5-7-14-20(18-19(3)4)26-22(24)16-13-11-9-8-10-12-15-21(23)25-17-6-2/h19-20H,5-6,8-13,15-18H2,1-4H3. The van der Waals surface area contributed by atoms with Crippen molar-refractivity contribution in [3.8, 4) is 11.8 Å². The van der Waals surface area contributed by atoms with Gasteiger partial charge in [-0.15, -0.1) is 0 Å². The highest BCUT2D eigenvalue weighted by molar-refractivity contribution is 5.70. The maximum atomic E-state index is 12.0. The molecule has 150 valence electrons. The van der Waals surface area contributed by atoms with E-state index >= 15 is 0 Å². The largest absolute Gasteiger partial charge is 0.466 e. The van der Waals surface area contributed by atoms with Crippen molar-refractivity contribution in [2.75, 3.05) is 6.61 Å². The van der Waals surface area contributed by atoms with Gasteiger partial charge in [-0.25, -0.2) is 0 Å². The number of unbranched alkanes of at least 4 members (excludes halogenated alkanes) is 5. The van der Waals surface area contributed by atoms with Gasteiger partial charge in [-0.2, -0.15) is 0 Å². The molecule has 1 unspecified atom stereocenters. The molecule has 0 fully saturated rings. The van der Waals surface area contributed by atoms with Crippen molar-refractivity contribution in [2.45, 2.75) is 104 Å². The van der Waals surface area contributed by atoms with E-state index in [1.807, 2.05) is 13.8 Å². The molecule has 0 aliphatic heterocycles. The average Bonchev–Trinajstić information content (AvgIpc) is 2.59. The predicted molar refractivity (Wildman–Crippen MR) is 106 cm³/mol. The van der Waals surface area contributed by atoms with Crippen molar-refractivity contribution in [1.29, 1.82) is 0 Å². The molecule has 0 saturated heterocycles. The Morgan fingerprint density at radius 1 is 0.885 bits per heavy atom. The number of esters is 2. The first-order valence-electron chi connectivity index (χ1n) is 10.3. The second kappa shape index (κ2) is 16.9. The van der Waals surface area contributed by atoms with Gasteiger partial charge < -0.3 is 9.47 Å². The fourth-order valence-corrected chi connectivity index (χ4v) is 2.53. The van der Waals surface area contributed by atoms with E-state index in [4.69, 9.17) is 9.47 Å². The highest BCUT2D eigenvalue weighted by Gasteiger charge is 2.13. The first-order chi connectivity index (χ1) is 12.5. The molecule has 0 aliphatic rings. The molecule has 0 aromatic carbocycles. The van der Waals surface area contributed by atoms with Crippen molar-refractivity contribution in [3.63, 3.8) is 0 Å². The molecular weight excluding hydrogens is 328 g/mol. The van der Waals surface area contributed by atoms with Crippen LogP contribution in [0.2, 0.25) is 0 Å². The summed E-state index contributed by atoms with van der Waals surface area (Å²) >= 11 is 0. The molecule has 0 aromatic rings. The van der Waals surface area contributed by atoms with Gasteiger partial charge in [0.25, 0.3) is 0 Å².